The second-order valence-electron chi connectivity index (χ2n) is 22.0. The van der Waals surface area contributed by atoms with Crippen LogP contribution in [0.1, 0.15) is 74.9 Å². The van der Waals surface area contributed by atoms with Gasteiger partial charge in [0.15, 0.2) is 0 Å². The Hall–Kier alpha value is -6.76. The Balaban J connectivity index is 0.000000154. The third kappa shape index (κ3) is 7.74. The largest absolute Gasteiger partial charge is 0.489 e. The summed E-state index contributed by atoms with van der Waals surface area (Å²) in [6, 6.07) is 71.3. The minimum atomic E-state index is -1.46. The van der Waals surface area contributed by atoms with Crippen LogP contribution in [0.15, 0.2) is 200 Å². The van der Waals surface area contributed by atoms with Crippen LogP contribution < -0.4 is 16.9 Å². The Kier molecular flexibility index (Phi) is 12.4. The van der Waals surface area contributed by atoms with Gasteiger partial charge >= 0.3 is 7.12 Å². The number of anilines is 2. The number of nitrogens with two attached hydrogens (primary N) is 2. The summed E-state index contributed by atoms with van der Waals surface area (Å²) < 4.78 is 2.25. The van der Waals surface area contributed by atoms with Crippen molar-refractivity contribution < 1.29 is 10.0 Å². The van der Waals surface area contributed by atoms with E-state index in [1.807, 2.05) is 42.5 Å². The van der Waals surface area contributed by atoms with Gasteiger partial charge in [-0.3, -0.25) is 0 Å². The highest BCUT2D eigenvalue weighted by Gasteiger charge is 2.40. The number of fused-ring (bicyclic) bond motifs is 15. The topological polar surface area (TPSA) is 92.5 Å². The van der Waals surface area contributed by atoms with Crippen molar-refractivity contribution in [1.29, 1.82) is 0 Å². The van der Waals surface area contributed by atoms with Crippen LogP contribution in [0.4, 0.5) is 11.4 Å². The van der Waals surface area contributed by atoms with Gasteiger partial charge in [0, 0.05) is 40.2 Å². The zero-order chi connectivity index (χ0) is 53.0. The third-order valence-corrected chi connectivity index (χ3v) is 18.6. The van der Waals surface area contributed by atoms with Crippen LogP contribution in [0.5, 0.6) is 0 Å². The van der Waals surface area contributed by atoms with Crippen molar-refractivity contribution in [3.63, 3.8) is 0 Å². The smallest absolute Gasteiger partial charge is 0.423 e. The zero-order valence-electron chi connectivity index (χ0n) is 43.4. The first-order chi connectivity index (χ1) is 36.5. The van der Waals surface area contributed by atoms with Crippen molar-refractivity contribution in [3.8, 4) is 55.6 Å². The standard InChI is InChI=1S/C44H35N.C19H17BO2.C6H5I2N/c1-43(2)36-22-11-9-18-32(36)40-28-16-7-5-14-26(28)34(24-38(40)43)30-20-13-21-31(42(30)45)35-25-39-41(29-17-8-6-15-27(29)35)33-19-10-12-23-37(33)44(39,3)4;1-19(2)15-10-6-5-9-14(15)18-13-8-4-3-7-12(13)17(20(21)22)11-16(18)19;7-4-2-1-3-5(8)6(4)9/h5-25H,45H2,1-4H3;3-11,21-22H,1-2H3;1-3H,9H2. The van der Waals surface area contributed by atoms with Gasteiger partial charge < -0.3 is 21.5 Å². The highest BCUT2D eigenvalue weighted by Crippen LogP contribution is 2.56. The average Bonchev–Trinajstić information content (AvgIpc) is 4.08. The van der Waals surface area contributed by atoms with Crippen molar-refractivity contribution in [2.24, 2.45) is 0 Å². The Bertz CT molecular complexity index is 4010. The molecule has 0 heterocycles. The number of hydrogen-bond donors (Lipinski definition) is 4. The van der Waals surface area contributed by atoms with Crippen LogP contribution in [0.2, 0.25) is 0 Å². The molecular formula is C69H57BI2N2O2. The van der Waals surface area contributed by atoms with E-state index in [0.29, 0.717) is 5.46 Å². The van der Waals surface area contributed by atoms with E-state index in [2.05, 4.69) is 244 Å². The number of rotatable bonds is 3. The van der Waals surface area contributed by atoms with Crippen LogP contribution in [0.3, 0.4) is 0 Å². The van der Waals surface area contributed by atoms with Gasteiger partial charge in [-0.2, -0.15) is 0 Å². The van der Waals surface area contributed by atoms with E-state index in [1.165, 1.54) is 93.9 Å². The van der Waals surface area contributed by atoms with Crippen LogP contribution >= 0.6 is 45.2 Å². The van der Waals surface area contributed by atoms with Gasteiger partial charge in [-0.1, -0.05) is 217 Å². The Morgan fingerprint density at radius 1 is 0.316 bits per heavy atom. The third-order valence-electron chi connectivity index (χ3n) is 16.8. The maximum atomic E-state index is 9.80. The van der Waals surface area contributed by atoms with Crippen LogP contribution in [0, 0.1) is 7.14 Å². The van der Waals surface area contributed by atoms with Crippen molar-refractivity contribution in [2.45, 2.75) is 57.8 Å². The van der Waals surface area contributed by atoms with Gasteiger partial charge in [0.2, 0.25) is 0 Å². The quantitative estimate of drug-likeness (QED) is 0.0806. The van der Waals surface area contributed by atoms with E-state index in [9.17, 15) is 10.0 Å². The lowest BCUT2D eigenvalue weighted by atomic mass is 9.72. The number of para-hydroxylation sites is 2. The first-order valence-electron chi connectivity index (χ1n) is 25.9. The molecule has 0 spiro atoms. The van der Waals surface area contributed by atoms with Crippen LogP contribution in [-0.4, -0.2) is 17.2 Å². The highest BCUT2D eigenvalue weighted by atomic mass is 127. The number of nitrogen functional groups attached to an aromatic ring is 2. The van der Waals surface area contributed by atoms with Gasteiger partial charge in [0.05, 0.1) is 5.69 Å². The monoisotopic (exact) mass is 1210 g/mol. The summed E-state index contributed by atoms with van der Waals surface area (Å²) in [6.07, 6.45) is 0. The van der Waals surface area contributed by atoms with E-state index in [-0.39, 0.29) is 16.2 Å². The van der Waals surface area contributed by atoms with Gasteiger partial charge in [-0.25, -0.2) is 0 Å². The Labute approximate surface area is 473 Å². The fraction of sp³-hybridized carbons (Fsp3) is 0.130. The molecule has 0 aromatic heterocycles. The SMILES string of the molecule is CC1(C)c2ccccc2-c2c1cc(-c1cccc(-c3cc4c(c5ccccc35)-c3ccccc3C4(C)C)c1N)c1ccccc21.CC1(C)c2ccccc2-c2c1cc(B(O)O)c1ccccc21.Nc1c(I)cccc1I. The molecule has 11 aromatic carbocycles. The van der Waals surface area contributed by atoms with E-state index in [0.717, 1.165) is 46.0 Å². The van der Waals surface area contributed by atoms with Crippen molar-refractivity contribution in [1.82, 2.24) is 0 Å². The molecule has 0 saturated heterocycles. The van der Waals surface area contributed by atoms with E-state index in [4.69, 9.17) is 11.5 Å². The molecule has 4 nitrogen and oxygen atoms in total. The molecule has 0 fully saturated rings. The summed E-state index contributed by atoms with van der Waals surface area (Å²) in [5.41, 5.74) is 35.3. The minimum absolute atomic E-state index is 0.103. The second-order valence-corrected chi connectivity index (χ2v) is 24.3. The van der Waals surface area contributed by atoms with Crippen LogP contribution in [-0.2, 0) is 16.2 Å². The fourth-order valence-corrected chi connectivity index (χ4v) is 14.4. The number of halogens is 2. The molecule has 76 heavy (non-hydrogen) atoms. The Morgan fingerprint density at radius 3 is 1.00 bits per heavy atom. The lowest BCUT2D eigenvalue weighted by Gasteiger charge is -2.24. The predicted octanol–water partition coefficient (Wildman–Crippen LogP) is 16.8. The van der Waals surface area contributed by atoms with Gasteiger partial charge in [-0.15, -0.1) is 0 Å². The minimum Gasteiger partial charge on any atom is -0.423 e. The lowest BCUT2D eigenvalue weighted by molar-refractivity contribution is 0.426. The summed E-state index contributed by atoms with van der Waals surface area (Å²) in [6.45, 7) is 13.8. The average molecular weight is 1210 g/mol. The molecule has 0 atom stereocenters. The molecule has 3 aliphatic rings. The van der Waals surface area contributed by atoms with E-state index in [1.54, 1.807) is 0 Å². The summed E-state index contributed by atoms with van der Waals surface area (Å²) >= 11 is 4.44. The van der Waals surface area contributed by atoms with Crippen LogP contribution in [0.25, 0.3) is 88.0 Å². The summed E-state index contributed by atoms with van der Waals surface area (Å²) in [5.74, 6) is 0. The molecule has 0 unspecified atom stereocenters. The second kappa shape index (κ2) is 18.8. The van der Waals surface area contributed by atoms with Gasteiger partial charge in [0.1, 0.15) is 0 Å². The number of hydrogen-bond acceptors (Lipinski definition) is 4. The summed E-state index contributed by atoms with van der Waals surface area (Å²) in [7, 11) is -1.46. The molecule has 11 aromatic rings. The molecule has 0 aliphatic heterocycles. The summed E-state index contributed by atoms with van der Waals surface area (Å²) in [4.78, 5) is 0. The van der Waals surface area contributed by atoms with Crippen molar-refractivity contribution in [3.05, 3.63) is 241 Å². The number of benzene rings is 11. The first-order valence-corrected chi connectivity index (χ1v) is 28.1. The predicted molar refractivity (Wildman–Crippen MR) is 339 cm³/mol. The van der Waals surface area contributed by atoms with Gasteiger partial charge in [-0.05, 0) is 185 Å². The molecule has 14 rings (SSSR count). The van der Waals surface area contributed by atoms with Crippen molar-refractivity contribution >= 4 is 101 Å². The first kappa shape index (κ1) is 50.1. The zero-order valence-corrected chi connectivity index (χ0v) is 47.7. The fourth-order valence-electron chi connectivity index (χ4n) is 12.9. The lowest BCUT2D eigenvalue weighted by Crippen LogP contribution is -2.32. The highest BCUT2D eigenvalue weighted by molar-refractivity contribution is 14.1. The van der Waals surface area contributed by atoms with E-state index < -0.39 is 7.12 Å². The molecule has 0 amide bonds. The molecule has 0 saturated carbocycles. The molecule has 372 valence electrons. The summed E-state index contributed by atoms with van der Waals surface area (Å²) in [5, 5.41) is 26.6. The maximum absolute atomic E-state index is 9.80. The molecule has 6 N–H and O–H groups in total. The normalized spacial score (nSPS) is 14.3. The maximum Gasteiger partial charge on any atom is 0.489 e. The molecule has 3 aliphatic carbocycles. The Morgan fingerprint density at radius 2 is 0.618 bits per heavy atom. The molecule has 0 radical (unpaired) electrons. The molecule has 7 heteroatoms. The van der Waals surface area contributed by atoms with E-state index >= 15 is 0 Å². The molecule has 0 bridgehead atoms. The van der Waals surface area contributed by atoms with Crippen molar-refractivity contribution in [2.75, 3.05) is 11.5 Å². The molecular weight excluding hydrogens is 1150 g/mol. The van der Waals surface area contributed by atoms with Gasteiger partial charge in [0.25, 0.3) is 0 Å².